The molecule has 1 heterocycles. The molecular weight excluding hydrogens is 544 g/mol. The lowest BCUT2D eigenvalue weighted by molar-refractivity contribution is 0.490. The quantitative estimate of drug-likeness (QED) is 0.256. The van der Waals surface area contributed by atoms with Crippen molar-refractivity contribution in [2.24, 2.45) is 16.8 Å². The van der Waals surface area contributed by atoms with Crippen molar-refractivity contribution in [3.8, 4) is 0 Å². The van der Waals surface area contributed by atoms with Gasteiger partial charge in [-0.15, -0.1) is 0 Å². The summed E-state index contributed by atoms with van der Waals surface area (Å²) in [6.07, 6.45) is 17.6. The lowest BCUT2D eigenvalue weighted by atomic mass is 9.64. The average Bonchev–Trinajstić information content (AvgIpc) is 3.49. The molecule has 4 unspecified atom stereocenters. The van der Waals surface area contributed by atoms with E-state index in [9.17, 15) is 0 Å². The van der Waals surface area contributed by atoms with Crippen LogP contribution in [0.1, 0.15) is 71.2 Å². The van der Waals surface area contributed by atoms with Crippen molar-refractivity contribution in [1.29, 1.82) is 0 Å². The van der Waals surface area contributed by atoms with Crippen LogP contribution >= 0.6 is 0 Å². The summed E-state index contributed by atoms with van der Waals surface area (Å²) in [5, 5.41) is 3.85. The Bertz CT molecular complexity index is 2020. The molecule has 45 heavy (non-hydrogen) atoms. The predicted octanol–water partition coefficient (Wildman–Crippen LogP) is 9.83. The fourth-order valence-electron chi connectivity index (χ4n) is 8.76. The van der Waals surface area contributed by atoms with Crippen molar-refractivity contribution < 1.29 is 0 Å². The Labute approximate surface area is 266 Å². The van der Waals surface area contributed by atoms with E-state index in [0.717, 1.165) is 36.4 Å². The second kappa shape index (κ2) is 10.3. The van der Waals surface area contributed by atoms with Crippen LogP contribution in [0, 0.1) is 11.8 Å². The number of hydrogen-bond acceptors (Lipinski definition) is 2. The maximum Gasteiger partial charge on any atom is 0.133 e. The van der Waals surface area contributed by atoms with Crippen LogP contribution in [0.3, 0.4) is 0 Å². The fraction of sp³-hybridized carbons (Fsp3) is 0.186. The summed E-state index contributed by atoms with van der Waals surface area (Å²) in [7, 11) is 0. The third kappa shape index (κ3) is 3.91. The van der Waals surface area contributed by atoms with Gasteiger partial charge < -0.3 is 5.32 Å². The Hall–Kier alpha value is -4.95. The Morgan fingerprint density at radius 2 is 1.58 bits per heavy atom. The first-order valence-corrected chi connectivity index (χ1v) is 16.4. The van der Waals surface area contributed by atoms with Gasteiger partial charge in [-0.05, 0) is 75.4 Å². The minimum absolute atomic E-state index is 0.0214. The van der Waals surface area contributed by atoms with Crippen molar-refractivity contribution in [3.05, 3.63) is 184 Å². The minimum atomic E-state index is -0.176. The van der Waals surface area contributed by atoms with Crippen molar-refractivity contribution in [1.82, 2.24) is 5.32 Å². The molecule has 0 bridgehead atoms. The molecule has 5 aliphatic rings. The average molecular weight is 581 g/mol. The van der Waals surface area contributed by atoms with E-state index >= 15 is 0 Å². The third-order valence-corrected chi connectivity index (χ3v) is 10.7. The molecule has 0 saturated heterocycles. The first-order valence-electron chi connectivity index (χ1n) is 16.4. The molecule has 2 heteroatoms. The number of fused-ring (bicyclic) bond motifs is 9. The smallest absolute Gasteiger partial charge is 0.133 e. The van der Waals surface area contributed by atoms with E-state index in [0.29, 0.717) is 5.92 Å². The molecule has 0 fully saturated rings. The van der Waals surface area contributed by atoms with Gasteiger partial charge in [0.05, 0.1) is 11.5 Å². The van der Waals surface area contributed by atoms with Gasteiger partial charge in [0.25, 0.3) is 0 Å². The molecule has 218 valence electrons. The standard InChI is InChI=1S/C43H36N2/c1-28-26-40(44-42(30-16-6-3-7-17-30)45-41(28)29-14-4-2-5-15-29)31-24-25-35-34-20-10-13-23-38(34)43(39(35)27-31)36-21-11-8-18-32(36)33-19-9-12-22-37(33)43/h2-8,10-18,20-22,24-28,38,41H,9,19,23H2,1H3,(H,44,45). The molecule has 4 aromatic rings. The largest absolute Gasteiger partial charge is 0.340 e. The predicted molar refractivity (Wildman–Crippen MR) is 187 cm³/mol. The number of aliphatic imine (C=N–C) groups is 1. The second-order valence-electron chi connectivity index (χ2n) is 13.0. The van der Waals surface area contributed by atoms with Crippen LogP contribution in [0.2, 0.25) is 0 Å². The Morgan fingerprint density at radius 1 is 0.778 bits per heavy atom. The summed E-state index contributed by atoms with van der Waals surface area (Å²) in [5.41, 5.74) is 14.8. The maximum absolute atomic E-state index is 5.38. The molecule has 4 aliphatic carbocycles. The summed E-state index contributed by atoms with van der Waals surface area (Å²) >= 11 is 0. The van der Waals surface area contributed by atoms with Crippen LogP contribution in [0.4, 0.5) is 0 Å². The maximum atomic E-state index is 5.38. The molecule has 0 radical (unpaired) electrons. The molecule has 0 amide bonds. The minimum Gasteiger partial charge on any atom is -0.340 e. The molecule has 2 nitrogen and oxygen atoms in total. The van der Waals surface area contributed by atoms with Gasteiger partial charge in [-0.2, -0.15) is 0 Å². The van der Waals surface area contributed by atoms with Crippen LogP contribution < -0.4 is 5.32 Å². The van der Waals surface area contributed by atoms with Crippen LogP contribution in [0.5, 0.6) is 0 Å². The van der Waals surface area contributed by atoms with E-state index < -0.39 is 0 Å². The Kier molecular flexibility index (Phi) is 6.06. The number of allylic oxidation sites excluding steroid dienone is 8. The van der Waals surface area contributed by atoms with Crippen LogP contribution in [-0.2, 0) is 5.41 Å². The third-order valence-electron chi connectivity index (χ3n) is 10.7. The van der Waals surface area contributed by atoms with Crippen molar-refractivity contribution in [2.75, 3.05) is 0 Å². The SMILES string of the molecule is CC1C=C(c2ccc3c(c2)C2(C4=C(CCC=C4)c4ccccc42)C2CC=CC=C32)NC(c2ccccc2)=NC1c1ccccc1. The molecule has 1 spiro atoms. The van der Waals surface area contributed by atoms with Crippen LogP contribution in [-0.4, -0.2) is 5.84 Å². The van der Waals surface area contributed by atoms with Crippen molar-refractivity contribution >= 4 is 22.7 Å². The van der Waals surface area contributed by atoms with Gasteiger partial charge in [0, 0.05) is 23.1 Å². The van der Waals surface area contributed by atoms with E-state index in [4.69, 9.17) is 4.99 Å². The highest BCUT2D eigenvalue weighted by atomic mass is 15.0. The normalized spacial score (nSPS) is 25.8. The van der Waals surface area contributed by atoms with Gasteiger partial charge in [-0.25, -0.2) is 0 Å². The highest BCUT2D eigenvalue weighted by Crippen LogP contribution is 2.65. The molecule has 1 N–H and O–H groups in total. The summed E-state index contributed by atoms with van der Waals surface area (Å²) in [4.78, 5) is 5.38. The van der Waals surface area contributed by atoms with Crippen LogP contribution in [0.15, 0.2) is 150 Å². The zero-order valence-electron chi connectivity index (χ0n) is 25.6. The van der Waals surface area contributed by atoms with Crippen molar-refractivity contribution in [3.63, 3.8) is 0 Å². The van der Waals surface area contributed by atoms with Gasteiger partial charge in [0.2, 0.25) is 0 Å². The summed E-state index contributed by atoms with van der Waals surface area (Å²) < 4.78 is 0. The molecule has 4 atom stereocenters. The summed E-state index contributed by atoms with van der Waals surface area (Å²) in [5.74, 6) is 1.51. The Balaban J connectivity index is 1.24. The summed E-state index contributed by atoms with van der Waals surface area (Å²) in [6.45, 7) is 2.30. The van der Waals surface area contributed by atoms with E-state index in [1.54, 1.807) is 5.57 Å². The number of amidine groups is 1. The molecule has 9 rings (SSSR count). The number of nitrogens with one attached hydrogen (secondary N) is 1. The van der Waals surface area contributed by atoms with Gasteiger partial charge in [0.15, 0.2) is 0 Å². The highest BCUT2D eigenvalue weighted by molar-refractivity contribution is 6.04. The van der Waals surface area contributed by atoms with E-state index in [-0.39, 0.29) is 17.4 Å². The molecular formula is C43H36N2. The van der Waals surface area contributed by atoms with E-state index in [2.05, 4.69) is 152 Å². The second-order valence-corrected chi connectivity index (χ2v) is 13.0. The van der Waals surface area contributed by atoms with Gasteiger partial charge >= 0.3 is 0 Å². The molecule has 0 aromatic heterocycles. The van der Waals surface area contributed by atoms with Crippen molar-refractivity contribution in [2.45, 2.75) is 37.6 Å². The monoisotopic (exact) mass is 580 g/mol. The van der Waals surface area contributed by atoms with Crippen LogP contribution in [0.25, 0.3) is 16.8 Å². The molecule has 4 aromatic carbocycles. The fourth-order valence-corrected chi connectivity index (χ4v) is 8.76. The number of hydrogen-bond donors (Lipinski definition) is 1. The molecule has 1 aliphatic heterocycles. The Morgan fingerprint density at radius 3 is 2.44 bits per heavy atom. The zero-order chi connectivity index (χ0) is 30.0. The number of nitrogens with zero attached hydrogens (tertiary/aromatic N) is 1. The van der Waals surface area contributed by atoms with Gasteiger partial charge in [0.1, 0.15) is 5.84 Å². The lowest BCUT2D eigenvalue weighted by Crippen LogP contribution is -2.33. The highest BCUT2D eigenvalue weighted by Gasteiger charge is 2.56. The van der Waals surface area contributed by atoms with Gasteiger partial charge in [-0.1, -0.05) is 140 Å². The lowest BCUT2D eigenvalue weighted by Gasteiger charge is -2.37. The van der Waals surface area contributed by atoms with E-state index in [1.807, 2.05) is 0 Å². The first-order chi connectivity index (χ1) is 22.2. The number of rotatable bonds is 3. The zero-order valence-corrected chi connectivity index (χ0v) is 25.6. The first kappa shape index (κ1) is 26.5. The van der Waals surface area contributed by atoms with E-state index in [1.165, 1.54) is 44.5 Å². The number of benzene rings is 4. The van der Waals surface area contributed by atoms with Gasteiger partial charge in [-0.3, -0.25) is 4.99 Å². The summed E-state index contributed by atoms with van der Waals surface area (Å²) in [6, 6.07) is 37.8. The topological polar surface area (TPSA) is 24.4 Å². The molecule has 0 saturated carbocycles.